The second-order valence-corrected chi connectivity index (χ2v) is 9.42. The van der Waals surface area contributed by atoms with Gasteiger partial charge in [-0.2, -0.15) is 0 Å². The third-order valence-electron chi connectivity index (χ3n) is 6.67. The van der Waals surface area contributed by atoms with Gasteiger partial charge in [0.25, 0.3) is 0 Å². The summed E-state index contributed by atoms with van der Waals surface area (Å²) in [4.78, 5) is 20.0. The Hall–Kier alpha value is -1.85. The van der Waals surface area contributed by atoms with Gasteiger partial charge in [0.05, 0.1) is 11.6 Å². The molecule has 0 unspecified atom stereocenters. The van der Waals surface area contributed by atoms with E-state index in [0.717, 1.165) is 49.4 Å². The van der Waals surface area contributed by atoms with E-state index in [4.69, 9.17) is 21.0 Å². The molecule has 2 aromatic rings. The zero-order chi connectivity index (χ0) is 21.1. The molecule has 30 heavy (non-hydrogen) atoms. The summed E-state index contributed by atoms with van der Waals surface area (Å²) in [5.74, 6) is 2.35. The van der Waals surface area contributed by atoms with Gasteiger partial charge in [-0.15, -0.1) is 0 Å². The van der Waals surface area contributed by atoms with E-state index >= 15 is 0 Å². The molecule has 162 valence electrons. The van der Waals surface area contributed by atoms with Crippen molar-refractivity contribution in [3.8, 4) is 11.5 Å². The van der Waals surface area contributed by atoms with Crippen molar-refractivity contribution in [3.05, 3.63) is 40.7 Å². The lowest BCUT2D eigenvalue weighted by Gasteiger charge is -2.34. The Bertz CT molecular complexity index is 864. The molecular formula is C24H32ClN3O2. The predicted octanol–water partition coefficient (Wildman–Crippen LogP) is 5.21. The Labute approximate surface area is 184 Å². The number of piperidine rings is 1. The molecule has 2 heterocycles. The van der Waals surface area contributed by atoms with Gasteiger partial charge < -0.3 is 9.73 Å². The van der Waals surface area contributed by atoms with Crippen molar-refractivity contribution in [2.24, 2.45) is 11.8 Å². The largest absolute Gasteiger partial charge is 0.441 e. The molecule has 1 aliphatic carbocycles. The van der Waals surface area contributed by atoms with Gasteiger partial charge in [-0.25, -0.2) is 4.98 Å². The van der Waals surface area contributed by atoms with E-state index in [1.165, 1.54) is 19.3 Å². The number of likely N-dealkylation sites (tertiary alicyclic amines) is 1. The molecular weight excluding hydrogens is 398 g/mol. The summed E-state index contributed by atoms with van der Waals surface area (Å²) in [5.41, 5.74) is 1.87. The second-order valence-electron chi connectivity index (χ2n) is 8.98. The maximum absolute atomic E-state index is 12.9. The molecule has 1 N–H and O–H groups in total. The van der Waals surface area contributed by atoms with Crippen LogP contribution in [0.15, 0.2) is 28.7 Å². The van der Waals surface area contributed by atoms with Gasteiger partial charge in [-0.1, -0.05) is 31.4 Å². The van der Waals surface area contributed by atoms with Gasteiger partial charge in [-0.3, -0.25) is 9.69 Å². The van der Waals surface area contributed by atoms with Crippen LogP contribution in [0, 0.1) is 18.8 Å². The topological polar surface area (TPSA) is 58.4 Å². The minimum atomic E-state index is 0.0656. The first-order valence-electron chi connectivity index (χ1n) is 11.2. The zero-order valence-corrected chi connectivity index (χ0v) is 18.8. The van der Waals surface area contributed by atoms with Crippen molar-refractivity contribution in [3.63, 3.8) is 0 Å². The first-order chi connectivity index (χ1) is 14.5. The highest BCUT2D eigenvalue weighted by molar-refractivity contribution is 6.30. The van der Waals surface area contributed by atoms with E-state index in [1.807, 2.05) is 31.2 Å². The Morgan fingerprint density at radius 3 is 2.73 bits per heavy atom. The van der Waals surface area contributed by atoms with E-state index in [1.54, 1.807) is 0 Å². The quantitative estimate of drug-likeness (QED) is 0.708. The number of hydrogen-bond donors (Lipinski definition) is 1. The van der Waals surface area contributed by atoms with Gasteiger partial charge in [0, 0.05) is 29.7 Å². The van der Waals surface area contributed by atoms with Crippen LogP contribution >= 0.6 is 11.6 Å². The molecule has 1 saturated heterocycles. The Balaban J connectivity index is 1.37. The molecule has 0 spiro atoms. The molecule has 6 heteroatoms. The van der Waals surface area contributed by atoms with Crippen molar-refractivity contribution in [1.82, 2.24) is 15.2 Å². The fourth-order valence-corrected chi connectivity index (χ4v) is 4.87. The van der Waals surface area contributed by atoms with Crippen LogP contribution in [0.3, 0.4) is 0 Å². The molecule has 0 radical (unpaired) electrons. The first-order valence-corrected chi connectivity index (χ1v) is 11.6. The first kappa shape index (κ1) is 21.4. The number of halogens is 1. The summed E-state index contributed by atoms with van der Waals surface area (Å²) in [5, 5.41) is 4.05. The van der Waals surface area contributed by atoms with Crippen LogP contribution in [0.25, 0.3) is 11.5 Å². The van der Waals surface area contributed by atoms with Crippen LogP contribution in [-0.2, 0) is 11.3 Å². The number of amides is 1. The minimum Gasteiger partial charge on any atom is -0.441 e. The van der Waals surface area contributed by atoms with Crippen molar-refractivity contribution >= 4 is 17.5 Å². The summed E-state index contributed by atoms with van der Waals surface area (Å²) in [6.45, 7) is 6.72. The van der Waals surface area contributed by atoms with Gasteiger partial charge in [-0.05, 0) is 69.3 Å². The molecule has 1 aromatic carbocycles. The monoisotopic (exact) mass is 429 g/mol. The van der Waals surface area contributed by atoms with Crippen LogP contribution in [-0.4, -0.2) is 34.9 Å². The second kappa shape index (κ2) is 9.52. The smallest absolute Gasteiger partial charge is 0.226 e. The summed E-state index contributed by atoms with van der Waals surface area (Å²) in [7, 11) is 0. The molecule has 0 bridgehead atoms. The van der Waals surface area contributed by atoms with E-state index in [9.17, 15) is 4.79 Å². The molecule has 5 nitrogen and oxygen atoms in total. The van der Waals surface area contributed by atoms with Crippen molar-refractivity contribution in [1.29, 1.82) is 0 Å². The van der Waals surface area contributed by atoms with E-state index in [2.05, 4.69) is 17.1 Å². The van der Waals surface area contributed by atoms with Gasteiger partial charge in [0.1, 0.15) is 5.76 Å². The molecule has 2 fully saturated rings. The van der Waals surface area contributed by atoms with Crippen molar-refractivity contribution in [2.75, 3.05) is 13.1 Å². The highest BCUT2D eigenvalue weighted by Crippen LogP contribution is 2.27. The van der Waals surface area contributed by atoms with Gasteiger partial charge in [0.2, 0.25) is 11.8 Å². The van der Waals surface area contributed by atoms with Gasteiger partial charge >= 0.3 is 0 Å². The maximum atomic E-state index is 12.9. The average molecular weight is 430 g/mol. The summed E-state index contributed by atoms with van der Waals surface area (Å²) < 4.78 is 5.91. The molecule has 3 atom stereocenters. The fourth-order valence-electron chi connectivity index (χ4n) is 4.75. The van der Waals surface area contributed by atoms with Crippen LogP contribution in [0.2, 0.25) is 5.02 Å². The molecule has 1 amide bonds. The predicted molar refractivity (Wildman–Crippen MR) is 119 cm³/mol. The van der Waals surface area contributed by atoms with Gasteiger partial charge in [0.15, 0.2) is 0 Å². The Kier molecular flexibility index (Phi) is 6.79. The lowest BCUT2D eigenvalue weighted by Crippen LogP contribution is -2.48. The minimum absolute atomic E-state index is 0.0656. The van der Waals surface area contributed by atoms with Crippen molar-refractivity contribution in [2.45, 2.75) is 65.0 Å². The fraction of sp³-hybridized carbons (Fsp3) is 0.583. The number of benzene rings is 1. The highest BCUT2D eigenvalue weighted by atomic mass is 35.5. The molecule has 1 saturated carbocycles. The Morgan fingerprint density at radius 2 is 1.97 bits per heavy atom. The van der Waals surface area contributed by atoms with E-state index < -0.39 is 0 Å². The van der Waals surface area contributed by atoms with Crippen LogP contribution in [0.5, 0.6) is 0 Å². The standard InChI is InChI=1S/C24H32ClN3O2/c1-16-6-3-4-8-21(16)26-23(29)19-7-5-13-28(14-19)15-22-17(2)30-24(27-22)18-9-11-20(25)12-10-18/h9-12,16,19,21H,3-8,13-15H2,1-2H3,(H,26,29)/t16-,19-,21-/m0/s1. The molecule has 1 aromatic heterocycles. The van der Waals surface area contributed by atoms with Crippen LogP contribution in [0.1, 0.15) is 56.9 Å². The number of nitrogens with one attached hydrogen (secondary N) is 1. The summed E-state index contributed by atoms with van der Waals surface area (Å²) in [6, 6.07) is 7.88. The van der Waals surface area contributed by atoms with E-state index in [0.29, 0.717) is 29.4 Å². The third kappa shape index (κ3) is 5.06. The normalized spacial score (nSPS) is 25.2. The zero-order valence-electron chi connectivity index (χ0n) is 18.0. The number of aromatic nitrogens is 1. The van der Waals surface area contributed by atoms with Crippen molar-refractivity contribution < 1.29 is 9.21 Å². The number of rotatable bonds is 5. The number of oxazole rings is 1. The number of carbonyl (C=O) groups excluding carboxylic acids is 1. The number of hydrogen-bond acceptors (Lipinski definition) is 4. The molecule has 1 aliphatic heterocycles. The average Bonchev–Trinajstić information content (AvgIpc) is 3.10. The third-order valence-corrected chi connectivity index (χ3v) is 6.92. The molecule has 4 rings (SSSR count). The Morgan fingerprint density at radius 1 is 1.20 bits per heavy atom. The van der Waals surface area contributed by atoms with Crippen LogP contribution < -0.4 is 5.32 Å². The lowest BCUT2D eigenvalue weighted by molar-refractivity contribution is -0.128. The summed E-state index contributed by atoms with van der Waals surface area (Å²) >= 11 is 5.98. The number of nitrogens with zero attached hydrogens (tertiary/aromatic N) is 2. The maximum Gasteiger partial charge on any atom is 0.226 e. The molecule has 2 aliphatic rings. The van der Waals surface area contributed by atoms with E-state index in [-0.39, 0.29) is 11.8 Å². The summed E-state index contributed by atoms with van der Waals surface area (Å²) in [6.07, 6.45) is 6.88. The number of carbonyl (C=O) groups is 1. The highest BCUT2D eigenvalue weighted by Gasteiger charge is 2.30. The lowest BCUT2D eigenvalue weighted by atomic mass is 9.85. The van der Waals surface area contributed by atoms with Crippen LogP contribution in [0.4, 0.5) is 0 Å². The SMILES string of the molecule is Cc1oc(-c2ccc(Cl)cc2)nc1CN1CCC[C@H](C(=O)N[C@H]2CCCC[C@@H]2C)C1. The number of aryl methyl sites for hydroxylation is 1.